The molecule has 0 spiro atoms. The Morgan fingerprint density at radius 2 is 1.89 bits per heavy atom. The van der Waals surface area contributed by atoms with E-state index in [1.165, 1.54) is 6.92 Å². The summed E-state index contributed by atoms with van der Waals surface area (Å²) >= 11 is 0. The molecule has 7 nitrogen and oxygen atoms in total. The minimum absolute atomic E-state index is 0.410. The van der Waals surface area contributed by atoms with Crippen LogP contribution >= 0.6 is 0 Å². The zero-order valence-corrected chi connectivity index (χ0v) is 11.1. The smallest absolute Gasteiger partial charge is 0.331 e. The number of carbonyl (C=O) groups is 4. The van der Waals surface area contributed by atoms with E-state index in [2.05, 4.69) is 5.32 Å². The number of hydrogen-bond donors (Lipinski definition) is 2. The van der Waals surface area contributed by atoms with Crippen molar-refractivity contribution in [2.45, 2.75) is 45.4 Å². The molecule has 5 amide bonds. The molecule has 0 aromatic carbocycles. The molecule has 106 valence electrons. The highest BCUT2D eigenvalue weighted by molar-refractivity contribution is 6.19. The van der Waals surface area contributed by atoms with Crippen LogP contribution in [0.4, 0.5) is 9.18 Å². The Balaban J connectivity index is 2.89. The second kappa shape index (κ2) is 4.94. The van der Waals surface area contributed by atoms with Crippen LogP contribution in [0.1, 0.15) is 27.7 Å². The molecule has 0 aromatic heterocycles. The lowest BCUT2D eigenvalue weighted by atomic mass is 10.1. The minimum Gasteiger partial charge on any atom is -0.350 e. The van der Waals surface area contributed by atoms with E-state index in [4.69, 9.17) is 0 Å². The Hall–Kier alpha value is -1.99. The van der Waals surface area contributed by atoms with Crippen LogP contribution in [-0.4, -0.2) is 46.4 Å². The van der Waals surface area contributed by atoms with Crippen LogP contribution in [0.15, 0.2) is 0 Å². The Morgan fingerprint density at radius 3 is 2.37 bits per heavy atom. The van der Waals surface area contributed by atoms with E-state index >= 15 is 0 Å². The van der Waals surface area contributed by atoms with Gasteiger partial charge >= 0.3 is 6.03 Å². The zero-order chi connectivity index (χ0) is 15.0. The lowest BCUT2D eigenvalue weighted by Gasteiger charge is -2.32. The Labute approximate surface area is 109 Å². The fraction of sp³-hybridized carbons (Fsp3) is 0.636. The minimum atomic E-state index is -2.47. The number of amides is 5. The number of barbiturate groups is 1. The van der Waals surface area contributed by atoms with Crippen molar-refractivity contribution in [3.63, 3.8) is 0 Å². The number of nitrogens with zero attached hydrogens (tertiary/aromatic N) is 1. The first kappa shape index (κ1) is 15.1. The van der Waals surface area contributed by atoms with E-state index in [9.17, 15) is 23.6 Å². The number of nitrogens with one attached hydrogen (secondary N) is 2. The molecule has 1 aliphatic heterocycles. The molecule has 2 unspecified atom stereocenters. The molecular formula is C11H16FN3O4. The molecule has 0 bridgehead atoms. The van der Waals surface area contributed by atoms with E-state index in [0.717, 1.165) is 0 Å². The quantitative estimate of drug-likeness (QED) is 0.675. The SMILES string of the molecule is CC(C(=O)NC(C)(C)C)N1C(=O)NC(=O)C(F)C1=O. The summed E-state index contributed by atoms with van der Waals surface area (Å²) in [5, 5.41) is 4.24. The van der Waals surface area contributed by atoms with Crippen molar-refractivity contribution in [2.75, 3.05) is 0 Å². The van der Waals surface area contributed by atoms with Gasteiger partial charge in [-0.2, -0.15) is 0 Å². The average molecular weight is 273 g/mol. The maximum absolute atomic E-state index is 13.3. The Morgan fingerprint density at radius 1 is 1.37 bits per heavy atom. The van der Waals surface area contributed by atoms with Crippen molar-refractivity contribution in [3.05, 3.63) is 0 Å². The van der Waals surface area contributed by atoms with Gasteiger partial charge in [0.15, 0.2) is 0 Å². The molecule has 8 heteroatoms. The van der Waals surface area contributed by atoms with E-state index in [0.29, 0.717) is 4.90 Å². The van der Waals surface area contributed by atoms with Gasteiger partial charge in [0.25, 0.3) is 18.0 Å². The molecule has 0 aromatic rings. The standard InChI is InChI=1S/C11H16FN3O4/c1-5(7(16)14-11(2,3)4)15-9(18)6(12)8(17)13-10(15)19/h5-6H,1-4H3,(H,14,16)(H,13,17,19). The van der Waals surface area contributed by atoms with Crippen molar-refractivity contribution in [3.8, 4) is 0 Å². The van der Waals surface area contributed by atoms with Gasteiger partial charge in [-0.1, -0.05) is 0 Å². The lowest BCUT2D eigenvalue weighted by Crippen LogP contribution is -2.64. The number of imide groups is 2. The fourth-order valence-electron chi connectivity index (χ4n) is 1.52. The monoisotopic (exact) mass is 273 g/mol. The van der Waals surface area contributed by atoms with E-state index in [1.807, 2.05) is 0 Å². The van der Waals surface area contributed by atoms with Gasteiger partial charge in [-0.15, -0.1) is 0 Å². The van der Waals surface area contributed by atoms with Gasteiger partial charge in [0.05, 0.1) is 0 Å². The number of carbonyl (C=O) groups excluding carboxylic acids is 4. The third-order valence-electron chi connectivity index (χ3n) is 2.40. The summed E-state index contributed by atoms with van der Waals surface area (Å²) in [4.78, 5) is 46.2. The van der Waals surface area contributed by atoms with Gasteiger partial charge in [0, 0.05) is 5.54 Å². The van der Waals surface area contributed by atoms with Crippen molar-refractivity contribution in [1.29, 1.82) is 0 Å². The van der Waals surface area contributed by atoms with Crippen LogP contribution in [-0.2, 0) is 14.4 Å². The molecule has 0 saturated carbocycles. The fourth-order valence-corrected chi connectivity index (χ4v) is 1.52. The second-order valence-corrected chi connectivity index (χ2v) is 5.28. The molecule has 1 saturated heterocycles. The second-order valence-electron chi connectivity index (χ2n) is 5.28. The summed E-state index contributed by atoms with van der Waals surface area (Å²) in [7, 11) is 0. The van der Waals surface area contributed by atoms with Gasteiger partial charge in [-0.05, 0) is 27.7 Å². The summed E-state index contributed by atoms with van der Waals surface area (Å²) in [6.45, 7) is 6.44. The van der Waals surface area contributed by atoms with Crippen LogP contribution in [0.25, 0.3) is 0 Å². The number of rotatable bonds is 2. The number of hydrogen-bond acceptors (Lipinski definition) is 4. The molecule has 0 aliphatic carbocycles. The predicted octanol–water partition coefficient (Wildman–Crippen LogP) is -0.294. The zero-order valence-electron chi connectivity index (χ0n) is 11.1. The van der Waals surface area contributed by atoms with Crippen LogP contribution < -0.4 is 10.6 Å². The van der Waals surface area contributed by atoms with Gasteiger partial charge in [0.1, 0.15) is 6.04 Å². The highest BCUT2D eigenvalue weighted by Crippen LogP contribution is 2.12. The highest BCUT2D eigenvalue weighted by Gasteiger charge is 2.44. The Bertz CT molecular complexity index is 444. The van der Waals surface area contributed by atoms with Crippen molar-refractivity contribution >= 4 is 23.8 Å². The van der Waals surface area contributed by atoms with Crippen LogP contribution in [0, 0.1) is 0 Å². The molecule has 0 radical (unpaired) electrons. The van der Waals surface area contributed by atoms with Crippen molar-refractivity contribution in [2.24, 2.45) is 0 Å². The highest BCUT2D eigenvalue weighted by atomic mass is 19.1. The molecular weight excluding hydrogens is 257 g/mol. The van der Waals surface area contributed by atoms with Crippen molar-refractivity contribution < 1.29 is 23.6 Å². The topological polar surface area (TPSA) is 95.6 Å². The van der Waals surface area contributed by atoms with Gasteiger partial charge in [-0.25, -0.2) is 14.1 Å². The molecule has 1 rings (SSSR count). The van der Waals surface area contributed by atoms with E-state index in [-0.39, 0.29) is 0 Å². The first-order valence-electron chi connectivity index (χ1n) is 5.68. The van der Waals surface area contributed by atoms with E-state index in [1.54, 1.807) is 26.1 Å². The first-order valence-corrected chi connectivity index (χ1v) is 5.68. The summed E-state index contributed by atoms with van der Waals surface area (Å²) < 4.78 is 13.3. The van der Waals surface area contributed by atoms with Gasteiger partial charge in [0.2, 0.25) is 5.91 Å². The Kier molecular flexibility index (Phi) is 3.92. The van der Waals surface area contributed by atoms with Crippen LogP contribution in [0.5, 0.6) is 0 Å². The lowest BCUT2D eigenvalue weighted by molar-refractivity contribution is -0.148. The predicted molar refractivity (Wildman–Crippen MR) is 62.6 cm³/mol. The largest absolute Gasteiger partial charge is 0.350 e. The third kappa shape index (κ3) is 3.27. The summed E-state index contributed by atoms with van der Waals surface area (Å²) in [6.07, 6.45) is -2.47. The normalized spacial score (nSPS) is 22.1. The summed E-state index contributed by atoms with van der Waals surface area (Å²) in [6, 6.07) is -2.31. The van der Waals surface area contributed by atoms with E-state index < -0.39 is 41.5 Å². The molecule has 1 heterocycles. The van der Waals surface area contributed by atoms with Crippen LogP contribution in [0.2, 0.25) is 0 Å². The van der Waals surface area contributed by atoms with Crippen LogP contribution in [0.3, 0.4) is 0 Å². The van der Waals surface area contributed by atoms with Gasteiger partial charge in [-0.3, -0.25) is 19.7 Å². The summed E-state index contributed by atoms with van der Waals surface area (Å²) in [5.74, 6) is -3.25. The number of urea groups is 1. The molecule has 2 N–H and O–H groups in total. The van der Waals surface area contributed by atoms with Gasteiger partial charge < -0.3 is 5.32 Å². The third-order valence-corrected chi connectivity index (χ3v) is 2.40. The molecule has 2 atom stereocenters. The number of halogens is 1. The first-order chi connectivity index (χ1) is 8.54. The maximum atomic E-state index is 13.3. The summed E-state index contributed by atoms with van der Waals surface area (Å²) in [5.41, 5.74) is -0.564. The maximum Gasteiger partial charge on any atom is 0.331 e. The average Bonchev–Trinajstić information content (AvgIpc) is 2.23. The van der Waals surface area contributed by atoms with Crippen molar-refractivity contribution in [1.82, 2.24) is 15.5 Å². The number of alkyl halides is 1. The molecule has 1 fully saturated rings. The molecule has 19 heavy (non-hydrogen) atoms. The molecule has 1 aliphatic rings.